The first kappa shape index (κ1) is 18.2. The SMILES string of the molecule is CC1(C)CN(C(=O)C2CCC(NCc3ccccc3)CC2)c2cccnc21.[HH]. The van der Waals surface area contributed by atoms with E-state index in [1.807, 2.05) is 29.3 Å². The number of amides is 1. The van der Waals surface area contributed by atoms with Crippen LogP contribution in [0, 0.1) is 5.92 Å². The van der Waals surface area contributed by atoms with Crippen molar-refractivity contribution in [2.45, 2.75) is 57.5 Å². The van der Waals surface area contributed by atoms with E-state index >= 15 is 0 Å². The molecule has 2 aliphatic rings. The number of carbonyl (C=O) groups excluding carboxylic acids is 1. The van der Waals surface area contributed by atoms with Crippen molar-refractivity contribution in [1.82, 2.24) is 10.3 Å². The van der Waals surface area contributed by atoms with Gasteiger partial charge in [-0.25, -0.2) is 0 Å². The van der Waals surface area contributed by atoms with E-state index in [1.54, 1.807) is 0 Å². The highest BCUT2D eigenvalue weighted by Crippen LogP contribution is 2.40. The summed E-state index contributed by atoms with van der Waals surface area (Å²) in [6.07, 6.45) is 5.91. The van der Waals surface area contributed by atoms with Crippen LogP contribution in [0.4, 0.5) is 5.69 Å². The van der Waals surface area contributed by atoms with Crippen LogP contribution in [0.1, 0.15) is 52.2 Å². The Morgan fingerprint density at radius 3 is 2.63 bits per heavy atom. The summed E-state index contributed by atoms with van der Waals surface area (Å²) in [5.41, 5.74) is 3.31. The Morgan fingerprint density at radius 2 is 1.89 bits per heavy atom. The lowest BCUT2D eigenvalue weighted by molar-refractivity contribution is -0.123. The van der Waals surface area contributed by atoms with Crippen molar-refractivity contribution < 1.29 is 6.22 Å². The summed E-state index contributed by atoms with van der Waals surface area (Å²) in [4.78, 5) is 19.8. The Labute approximate surface area is 163 Å². The van der Waals surface area contributed by atoms with Crippen LogP contribution in [-0.4, -0.2) is 23.5 Å². The number of aromatic nitrogens is 1. The van der Waals surface area contributed by atoms with Crippen molar-refractivity contribution >= 4 is 11.6 Å². The van der Waals surface area contributed by atoms with Crippen LogP contribution in [0.3, 0.4) is 0 Å². The molecule has 27 heavy (non-hydrogen) atoms. The summed E-state index contributed by atoms with van der Waals surface area (Å²) < 4.78 is 0. The lowest BCUT2D eigenvalue weighted by atomic mass is 9.85. The quantitative estimate of drug-likeness (QED) is 0.878. The Balaban J connectivity index is 0.00000225. The molecule has 4 rings (SSSR count). The predicted octanol–water partition coefficient (Wildman–Crippen LogP) is 4.30. The van der Waals surface area contributed by atoms with Gasteiger partial charge in [-0.1, -0.05) is 44.2 Å². The Morgan fingerprint density at radius 1 is 1.15 bits per heavy atom. The summed E-state index contributed by atoms with van der Waals surface area (Å²) in [7, 11) is 0. The molecule has 0 atom stereocenters. The Hall–Kier alpha value is -2.20. The molecule has 1 aromatic heterocycles. The molecule has 1 aliphatic carbocycles. The normalized spacial score (nSPS) is 23.9. The van der Waals surface area contributed by atoms with Gasteiger partial charge in [0, 0.05) is 38.1 Å². The summed E-state index contributed by atoms with van der Waals surface area (Å²) in [5.74, 6) is 0.429. The van der Waals surface area contributed by atoms with E-state index in [9.17, 15) is 4.79 Å². The second kappa shape index (κ2) is 7.43. The molecule has 144 valence electrons. The maximum Gasteiger partial charge on any atom is 0.230 e. The minimum absolute atomic E-state index is 0. The smallest absolute Gasteiger partial charge is 0.230 e. The second-order valence-corrected chi connectivity index (χ2v) is 8.59. The Kier molecular flexibility index (Phi) is 5.00. The number of nitrogens with zero attached hydrogens (tertiary/aromatic N) is 2. The molecule has 4 heteroatoms. The monoisotopic (exact) mass is 365 g/mol. The average Bonchev–Trinajstić information content (AvgIpc) is 2.98. The van der Waals surface area contributed by atoms with E-state index in [1.165, 1.54) is 5.56 Å². The third-order valence-electron chi connectivity index (χ3n) is 6.05. The minimum atomic E-state index is -0.0688. The summed E-state index contributed by atoms with van der Waals surface area (Å²) in [6, 6.07) is 15.0. The van der Waals surface area contributed by atoms with Crippen molar-refractivity contribution in [1.29, 1.82) is 0 Å². The standard InChI is InChI=1S/C23H29N3O.H2/c1-23(2)16-26(20-9-6-14-24-21(20)23)22(27)18-10-12-19(13-11-18)25-15-17-7-4-3-5-8-17;/h3-9,14,18-19,25H,10-13,15-16H2,1-2H3;1H. The number of fused-ring (bicyclic) bond motifs is 1. The maximum atomic E-state index is 13.2. The predicted molar refractivity (Wildman–Crippen MR) is 111 cm³/mol. The van der Waals surface area contributed by atoms with Gasteiger partial charge < -0.3 is 10.2 Å². The number of anilines is 1. The molecule has 0 unspecified atom stereocenters. The van der Waals surface area contributed by atoms with Crippen molar-refractivity contribution in [2.24, 2.45) is 5.92 Å². The molecule has 1 N–H and O–H groups in total. The highest BCUT2D eigenvalue weighted by Gasteiger charge is 2.41. The molecule has 0 radical (unpaired) electrons. The number of nitrogens with one attached hydrogen (secondary N) is 1. The molecular weight excluding hydrogens is 334 g/mol. The van der Waals surface area contributed by atoms with Gasteiger partial charge in [-0.3, -0.25) is 9.78 Å². The van der Waals surface area contributed by atoms with Crippen LogP contribution in [-0.2, 0) is 16.8 Å². The molecule has 2 aromatic rings. The highest BCUT2D eigenvalue weighted by atomic mass is 16.2. The van der Waals surface area contributed by atoms with Gasteiger partial charge in [-0.15, -0.1) is 0 Å². The topological polar surface area (TPSA) is 45.2 Å². The van der Waals surface area contributed by atoms with E-state index in [4.69, 9.17) is 0 Å². The first-order valence-corrected chi connectivity index (χ1v) is 10.1. The van der Waals surface area contributed by atoms with Crippen molar-refractivity contribution in [2.75, 3.05) is 11.4 Å². The zero-order valence-electron chi connectivity index (χ0n) is 16.3. The summed E-state index contributed by atoms with van der Waals surface area (Å²) in [6.45, 7) is 6.00. The van der Waals surface area contributed by atoms with Gasteiger partial charge in [-0.05, 0) is 43.4 Å². The van der Waals surface area contributed by atoms with Gasteiger partial charge >= 0.3 is 0 Å². The van der Waals surface area contributed by atoms with Crippen LogP contribution in [0.25, 0.3) is 0 Å². The molecule has 1 fully saturated rings. The first-order chi connectivity index (χ1) is 13.0. The van der Waals surface area contributed by atoms with E-state index in [-0.39, 0.29) is 18.7 Å². The van der Waals surface area contributed by atoms with Crippen LogP contribution >= 0.6 is 0 Å². The molecule has 4 nitrogen and oxygen atoms in total. The fraction of sp³-hybridized carbons (Fsp3) is 0.478. The van der Waals surface area contributed by atoms with Crippen LogP contribution in [0.2, 0.25) is 0 Å². The number of carbonyl (C=O) groups is 1. The minimum Gasteiger partial charge on any atom is -0.310 e. The number of hydrogen-bond acceptors (Lipinski definition) is 3. The maximum absolute atomic E-state index is 13.2. The zero-order valence-corrected chi connectivity index (χ0v) is 16.3. The number of hydrogen-bond donors (Lipinski definition) is 1. The van der Waals surface area contributed by atoms with E-state index in [2.05, 4.69) is 48.4 Å². The summed E-state index contributed by atoms with van der Waals surface area (Å²) in [5, 5.41) is 3.66. The first-order valence-electron chi connectivity index (χ1n) is 10.1. The van der Waals surface area contributed by atoms with Crippen LogP contribution in [0.5, 0.6) is 0 Å². The van der Waals surface area contributed by atoms with Gasteiger partial charge in [0.25, 0.3) is 0 Å². The lowest BCUT2D eigenvalue weighted by Gasteiger charge is -2.31. The van der Waals surface area contributed by atoms with Gasteiger partial charge in [0.05, 0.1) is 11.4 Å². The van der Waals surface area contributed by atoms with Gasteiger partial charge in [0.1, 0.15) is 0 Å². The third-order valence-corrected chi connectivity index (χ3v) is 6.05. The molecule has 1 saturated carbocycles. The van der Waals surface area contributed by atoms with Crippen LogP contribution in [0.15, 0.2) is 48.7 Å². The van der Waals surface area contributed by atoms with Crippen molar-refractivity contribution in [3.8, 4) is 0 Å². The molecule has 0 bridgehead atoms. The fourth-order valence-electron chi connectivity index (χ4n) is 4.51. The second-order valence-electron chi connectivity index (χ2n) is 8.59. The van der Waals surface area contributed by atoms with E-state index in [0.717, 1.165) is 50.2 Å². The van der Waals surface area contributed by atoms with Crippen molar-refractivity contribution in [3.05, 3.63) is 59.9 Å². The third kappa shape index (κ3) is 3.77. The van der Waals surface area contributed by atoms with Gasteiger partial charge in [0.15, 0.2) is 0 Å². The lowest BCUT2D eigenvalue weighted by Crippen LogP contribution is -2.41. The van der Waals surface area contributed by atoms with Gasteiger partial charge in [-0.2, -0.15) is 0 Å². The van der Waals surface area contributed by atoms with Crippen LogP contribution < -0.4 is 10.2 Å². The molecule has 1 aromatic carbocycles. The Bertz CT molecular complexity index is 801. The molecular formula is C23H31N3O. The molecule has 1 aliphatic heterocycles. The highest BCUT2D eigenvalue weighted by molar-refractivity contribution is 5.97. The average molecular weight is 366 g/mol. The van der Waals surface area contributed by atoms with Crippen molar-refractivity contribution in [3.63, 3.8) is 0 Å². The largest absolute Gasteiger partial charge is 0.310 e. The molecule has 2 heterocycles. The molecule has 0 spiro atoms. The van der Waals surface area contributed by atoms with E-state index < -0.39 is 0 Å². The molecule has 1 amide bonds. The summed E-state index contributed by atoms with van der Waals surface area (Å²) >= 11 is 0. The van der Waals surface area contributed by atoms with Gasteiger partial charge in [0.2, 0.25) is 5.91 Å². The van der Waals surface area contributed by atoms with E-state index in [0.29, 0.717) is 6.04 Å². The molecule has 0 saturated heterocycles. The zero-order chi connectivity index (χ0) is 18.9. The number of rotatable bonds is 4. The fourth-order valence-corrected chi connectivity index (χ4v) is 4.51. The number of pyridine rings is 1. The number of benzene rings is 1.